The summed E-state index contributed by atoms with van der Waals surface area (Å²) in [5, 5.41) is 70.4. The van der Waals surface area contributed by atoms with Gasteiger partial charge in [-0.05, 0) is 56.0 Å². The molecule has 0 saturated heterocycles. The second-order valence-electron chi connectivity index (χ2n) is 7.12. The van der Waals surface area contributed by atoms with Crippen LogP contribution in [0, 0.1) is 59.2 Å². The second kappa shape index (κ2) is 13.8. The van der Waals surface area contributed by atoms with E-state index < -0.39 is 26.8 Å². The summed E-state index contributed by atoms with van der Waals surface area (Å²) in [6, 6.07) is 9.47. The Morgan fingerprint density at radius 2 is 1.24 bits per heavy atom. The molecule has 0 aliphatic carbocycles. The summed E-state index contributed by atoms with van der Waals surface area (Å²) >= 11 is 0. The van der Waals surface area contributed by atoms with E-state index in [4.69, 9.17) is 21.0 Å². The minimum absolute atomic E-state index is 0. The molecule has 3 aromatic rings. The molecule has 0 aliphatic rings. The molecule has 0 fully saturated rings. The normalized spacial score (nSPS) is 9.87. The van der Waals surface area contributed by atoms with Gasteiger partial charge in [-0.25, -0.2) is 9.36 Å². The van der Waals surface area contributed by atoms with Crippen LogP contribution >= 0.6 is 0 Å². The maximum atomic E-state index is 13.1. The van der Waals surface area contributed by atoms with Crippen molar-refractivity contribution in [3.8, 4) is 47.4 Å². The average molecular weight is 579 g/mol. The molecule has 0 saturated carbocycles. The van der Waals surface area contributed by atoms with Crippen LogP contribution < -0.4 is 113 Å². The minimum atomic E-state index is -4.74. The zero-order chi connectivity index (χ0) is 26.8. The molecular formula is C22H12K2N8O5S. The van der Waals surface area contributed by atoms with Gasteiger partial charge in [0.1, 0.15) is 35.4 Å². The van der Waals surface area contributed by atoms with Gasteiger partial charge in [-0.15, -0.1) is 0 Å². The number of nitriles is 4. The van der Waals surface area contributed by atoms with Crippen molar-refractivity contribution >= 4 is 22.3 Å². The van der Waals surface area contributed by atoms with E-state index in [1.54, 1.807) is 24.3 Å². The van der Waals surface area contributed by atoms with Crippen molar-refractivity contribution in [2.24, 2.45) is 0 Å². The third-order valence-corrected chi connectivity index (χ3v) is 5.74. The molecule has 0 atom stereocenters. The molecule has 0 spiro atoms. The van der Waals surface area contributed by atoms with Gasteiger partial charge >= 0.3 is 103 Å². The fourth-order valence-electron chi connectivity index (χ4n) is 3.18. The van der Waals surface area contributed by atoms with E-state index in [9.17, 15) is 23.2 Å². The number of benzene rings is 1. The number of hydrogen-bond acceptors (Lipinski definition) is 10. The third kappa shape index (κ3) is 6.89. The first kappa shape index (κ1) is 33.9. The summed E-state index contributed by atoms with van der Waals surface area (Å²) in [5.74, 6) is -1.64. The van der Waals surface area contributed by atoms with Crippen molar-refractivity contribution in [1.82, 2.24) is 19.6 Å². The molecule has 0 amide bonds. The van der Waals surface area contributed by atoms with Gasteiger partial charge in [-0.1, -0.05) is 0 Å². The third-order valence-electron chi connectivity index (χ3n) is 4.89. The quantitative estimate of drug-likeness (QED) is 0.171. The van der Waals surface area contributed by atoms with E-state index in [1.165, 1.54) is 13.8 Å². The molecule has 13 nitrogen and oxygen atoms in total. The van der Waals surface area contributed by atoms with Crippen molar-refractivity contribution in [1.29, 1.82) is 21.0 Å². The Hall–Kier alpha value is -2.14. The van der Waals surface area contributed by atoms with Gasteiger partial charge in [0, 0.05) is 11.1 Å². The van der Waals surface area contributed by atoms with Gasteiger partial charge < -0.3 is 10.2 Å². The molecule has 1 aromatic carbocycles. The molecule has 0 unspecified atom stereocenters. The number of aryl methyl sites for hydroxylation is 2. The van der Waals surface area contributed by atoms with Crippen molar-refractivity contribution < 1.29 is 126 Å². The van der Waals surface area contributed by atoms with Crippen LogP contribution in [0.1, 0.15) is 22.5 Å². The molecule has 38 heavy (non-hydrogen) atoms. The number of aromatic nitrogens is 4. The predicted octanol–water partition coefficient (Wildman–Crippen LogP) is -5.06. The van der Waals surface area contributed by atoms with E-state index in [-0.39, 0.29) is 148 Å². The number of rotatable bonds is 5. The molecule has 1 N–H and O–H groups in total. The number of nitrogens with zero attached hydrogens (tertiary/aromatic N) is 8. The molecular weight excluding hydrogens is 567 g/mol. The first-order chi connectivity index (χ1) is 17.0. The largest absolute Gasteiger partial charge is 1.00 e. The first-order valence-corrected chi connectivity index (χ1v) is 11.1. The smallest absolute Gasteiger partial charge is 0.858 e. The SMILES string of the molecule is Cc1nn(-c2ccc(S(=O)(=O)O)cc2-n2nc(C)c(C=C(C#N)C#N)c2[O-])c([O-])c1C=C(C#N)C#N.[K+].[K+]. The molecule has 3 rings (SSSR count). The summed E-state index contributed by atoms with van der Waals surface area (Å²) < 4.78 is 34.6. The molecule has 178 valence electrons. The van der Waals surface area contributed by atoms with E-state index in [2.05, 4.69) is 10.2 Å². The Morgan fingerprint density at radius 1 is 0.842 bits per heavy atom. The molecule has 0 bridgehead atoms. The van der Waals surface area contributed by atoms with Crippen molar-refractivity contribution in [2.75, 3.05) is 0 Å². The predicted molar refractivity (Wildman–Crippen MR) is 117 cm³/mol. The van der Waals surface area contributed by atoms with Crippen LogP contribution in [0.5, 0.6) is 11.8 Å². The average Bonchev–Trinajstić information content (AvgIpc) is 3.28. The van der Waals surface area contributed by atoms with E-state index >= 15 is 0 Å². The van der Waals surface area contributed by atoms with Crippen LogP contribution in [0.15, 0.2) is 34.2 Å². The number of allylic oxidation sites excluding steroid dienone is 2. The van der Waals surface area contributed by atoms with E-state index in [0.29, 0.717) is 0 Å². The van der Waals surface area contributed by atoms with Gasteiger partial charge in [0.15, 0.2) is 0 Å². The molecule has 0 aliphatic heterocycles. The van der Waals surface area contributed by atoms with Crippen LogP contribution in [0.4, 0.5) is 0 Å². The number of hydrogen-bond donors (Lipinski definition) is 1. The van der Waals surface area contributed by atoms with Crippen molar-refractivity contribution in [3.05, 3.63) is 51.9 Å². The Labute approximate surface area is 302 Å². The summed E-state index contributed by atoms with van der Waals surface area (Å²) in [6.07, 6.45) is 2.05. The monoisotopic (exact) mass is 578 g/mol. The topological polar surface area (TPSA) is 231 Å². The first-order valence-electron chi connectivity index (χ1n) is 9.66. The molecule has 2 heterocycles. The Balaban J connectivity index is 0.00000361. The Bertz CT molecular complexity index is 1730. The summed E-state index contributed by atoms with van der Waals surface area (Å²) in [4.78, 5) is -0.617. The van der Waals surface area contributed by atoms with Crippen LogP contribution in [-0.2, 0) is 10.1 Å². The van der Waals surface area contributed by atoms with Crippen molar-refractivity contribution in [2.45, 2.75) is 18.7 Å². The summed E-state index contributed by atoms with van der Waals surface area (Å²) in [7, 11) is -4.74. The maximum absolute atomic E-state index is 13.1. The fourth-order valence-corrected chi connectivity index (χ4v) is 3.68. The van der Waals surface area contributed by atoms with E-state index in [1.807, 2.05) is 0 Å². The van der Waals surface area contributed by atoms with Crippen LogP contribution in [-0.4, -0.2) is 32.5 Å². The van der Waals surface area contributed by atoms with Gasteiger partial charge in [0.05, 0.1) is 27.7 Å². The van der Waals surface area contributed by atoms with Gasteiger partial charge in [-0.3, -0.25) is 4.55 Å². The van der Waals surface area contributed by atoms with Gasteiger partial charge in [0.2, 0.25) is 0 Å². The Kier molecular flexibility index (Phi) is 12.3. The summed E-state index contributed by atoms with van der Waals surface area (Å²) in [6.45, 7) is 2.85. The van der Waals surface area contributed by atoms with Crippen molar-refractivity contribution in [3.63, 3.8) is 0 Å². The van der Waals surface area contributed by atoms with Crippen LogP contribution in [0.3, 0.4) is 0 Å². The Morgan fingerprint density at radius 3 is 1.61 bits per heavy atom. The maximum Gasteiger partial charge on any atom is 1.00 e. The molecule has 2 aromatic heterocycles. The van der Waals surface area contributed by atoms with Crippen LogP contribution in [0.25, 0.3) is 23.5 Å². The van der Waals surface area contributed by atoms with Gasteiger partial charge in [0.25, 0.3) is 10.1 Å². The van der Waals surface area contributed by atoms with Crippen LogP contribution in [0.2, 0.25) is 0 Å². The zero-order valence-electron chi connectivity index (χ0n) is 20.5. The molecule has 0 radical (unpaired) electrons. The van der Waals surface area contributed by atoms with Gasteiger partial charge in [-0.2, -0.15) is 39.7 Å². The fraction of sp³-hybridized carbons (Fsp3) is 0.0909. The zero-order valence-corrected chi connectivity index (χ0v) is 27.5. The summed E-state index contributed by atoms with van der Waals surface area (Å²) in [5.41, 5.74) is -1.15. The minimum Gasteiger partial charge on any atom is -0.858 e. The second-order valence-corrected chi connectivity index (χ2v) is 8.54. The standard InChI is InChI=1S/C22H14N8O5S.2K/c1-12-17(5-14(8-23)9-24)21(31)29(27-12)19-4-3-16(36(33,34)35)7-20(19)30-22(32)18(13(2)28-30)6-15(10-25)11-26;;/h3-7,31-32H,1-2H3,(H,33,34,35);;/q;2*+1/p-2. The molecule has 16 heteroatoms. The van der Waals surface area contributed by atoms with E-state index in [0.717, 1.165) is 39.7 Å².